The van der Waals surface area contributed by atoms with E-state index in [0.717, 1.165) is 0 Å². The lowest BCUT2D eigenvalue weighted by Crippen LogP contribution is -2.26. The lowest BCUT2D eigenvalue weighted by molar-refractivity contribution is -0.104. The van der Waals surface area contributed by atoms with Crippen LogP contribution in [0.5, 0.6) is 0 Å². The van der Waals surface area contributed by atoms with Crippen LogP contribution in [0.15, 0.2) is 42.7 Å². The van der Waals surface area contributed by atoms with Crippen LogP contribution >= 0.6 is 0 Å². The molecule has 0 bridgehead atoms. The summed E-state index contributed by atoms with van der Waals surface area (Å²) in [6.45, 7) is 6.83. The molecule has 0 radical (unpaired) electrons. The van der Waals surface area contributed by atoms with Crippen LogP contribution in [-0.4, -0.2) is 28.9 Å². The van der Waals surface area contributed by atoms with Gasteiger partial charge in [0.2, 0.25) is 0 Å². The summed E-state index contributed by atoms with van der Waals surface area (Å²) in [6, 6.07) is 0. The number of aliphatic hydroxyl groups is 1. The van der Waals surface area contributed by atoms with Crippen molar-refractivity contribution in [3.8, 4) is 0 Å². The highest BCUT2D eigenvalue weighted by molar-refractivity contribution is 5.65. The number of aldehydes is 1. The molecule has 0 amide bonds. The van der Waals surface area contributed by atoms with Crippen LogP contribution in [0.4, 0.5) is 0 Å². The fourth-order valence-corrected chi connectivity index (χ4v) is 0.592. The van der Waals surface area contributed by atoms with Gasteiger partial charge in [-0.25, -0.2) is 4.99 Å². The SMILES string of the molecule is C=CN=CN(C=C)C(O)/C=C\C=O. The lowest BCUT2D eigenvalue weighted by atomic mass is 10.4. The van der Waals surface area contributed by atoms with Gasteiger partial charge < -0.3 is 10.0 Å². The van der Waals surface area contributed by atoms with E-state index in [9.17, 15) is 9.90 Å². The van der Waals surface area contributed by atoms with Crippen molar-refractivity contribution in [1.82, 2.24) is 4.90 Å². The highest BCUT2D eigenvalue weighted by Crippen LogP contribution is 1.94. The normalized spacial score (nSPS) is 13.0. The van der Waals surface area contributed by atoms with Gasteiger partial charge in [-0.3, -0.25) is 4.79 Å². The van der Waals surface area contributed by atoms with Crippen LogP contribution in [0.3, 0.4) is 0 Å². The molecule has 4 heteroatoms. The third-order valence-corrected chi connectivity index (χ3v) is 1.18. The van der Waals surface area contributed by atoms with Crippen molar-refractivity contribution in [2.45, 2.75) is 6.23 Å². The highest BCUT2D eigenvalue weighted by Gasteiger charge is 2.03. The Labute approximate surface area is 77.2 Å². The molecule has 1 N–H and O–H groups in total. The summed E-state index contributed by atoms with van der Waals surface area (Å²) in [5.74, 6) is 0. The Balaban J connectivity index is 4.29. The van der Waals surface area contributed by atoms with Gasteiger partial charge in [-0.05, 0) is 12.2 Å². The molecule has 0 saturated heterocycles. The molecule has 0 aliphatic heterocycles. The van der Waals surface area contributed by atoms with Gasteiger partial charge >= 0.3 is 0 Å². The molecule has 1 atom stereocenters. The van der Waals surface area contributed by atoms with Crippen LogP contribution in [0.25, 0.3) is 0 Å². The Morgan fingerprint density at radius 1 is 1.46 bits per heavy atom. The minimum atomic E-state index is -0.939. The van der Waals surface area contributed by atoms with Gasteiger partial charge in [0.1, 0.15) is 6.29 Å². The first-order valence-electron chi connectivity index (χ1n) is 3.60. The molecule has 0 saturated carbocycles. The number of aliphatic imine (C=N–C) groups is 1. The van der Waals surface area contributed by atoms with E-state index in [4.69, 9.17) is 0 Å². The largest absolute Gasteiger partial charge is 0.370 e. The Bertz CT molecular complexity index is 234. The number of aliphatic hydroxyl groups excluding tert-OH is 1. The molecule has 0 aromatic carbocycles. The van der Waals surface area contributed by atoms with Crippen molar-refractivity contribution in [3.63, 3.8) is 0 Å². The second-order valence-electron chi connectivity index (χ2n) is 2.01. The van der Waals surface area contributed by atoms with Gasteiger partial charge in [0, 0.05) is 12.4 Å². The zero-order valence-corrected chi connectivity index (χ0v) is 7.21. The van der Waals surface area contributed by atoms with Crippen molar-refractivity contribution >= 4 is 12.6 Å². The molecule has 0 fully saturated rings. The monoisotopic (exact) mass is 180 g/mol. The summed E-state index contributed by atoms with van der Waals surface area (Å²) in [6.07, 6.45) is 6.20. The molecule has 13 heavy (non-hydrogen) atoms. The van der Waals surface area contributed by atoms with Crippen LogP contribution in [0.1, 0.15) is 0 Å². The molecular formula is C9H12N2O2. The van der Waals surface area contributed by atoms with Crippen LogP contribution in [0.2, 0.25) is 0 Å². The predicted octanol–water partition coefficient (Wildman–Crippen LogP) is 0.677. The minimum Gasteiger partial charge on any atom is -0.370 e. The van der Waals surface area contributed by atoms with Gasteiger partial charge in [0.15, 0.2) is 6.23 Å². The van der Waals surface area contributed by atoms with E-state index in [1.807, 2.05) is 0 Å². The number of allylic oxidation sites excluding steroid dienone is 1. The van der Waals surface area contributed by atoms with Crippen molar-refractivity contribution in [1.29, 1.82) is 0 Å². The van der Waals surface area contributed by atoms with Gasteiger partial charge in [-0.15, -0.1) is 0 Å². The lowest BCUT2D eigenvalue weighted by Gasteiger charge is -2.17. The average Bonchev–Trinajstić information content (AvgIpc) is 2.16. The number of carbonyl (C=O) groups is 1. The quantitative estimate of drug-likeness (QED) is 0.215. The predicted molar refractivity (Wildman–Crippen MR) is 51.9 cm³/mol. The Morgan fingerprint density at radius 2 is 2.15 bits per heavy atom. The number of rotatable bonds is 6. The van der Waals surface area contributed by atoms with E-state index in [0.29, 0.717) is 6.29 Å². The fourth-order valence-electron chi connectivity index (χ4n) is 0.592. The van der Waals surface area contributed by atoms with Crippen LogP contribution in [0, 0.1) is 0 Å². The molecule has 0 aliphatic rings. The summed E-state index contributed by atoms with van der Waals surface area (Å²) in [5.41, 5.74) is 0. The highest BCUT2D eigenvalue weighted by atomic mass is 16.3. The van der Waals surface area contributed by atoms with Crippen molar-refractivity contribution in [2.24, 2.45) is 4.99 Å². The van der Waals surface area contributed by atoms with Gasteiger partial charge in [-0.1, -0.05) is 13.2 Å². The van der Waals surface area contributed by atoms with Gasteiger partial charge in [0.25, 0.3) is 0 Å². The summed E-state index contributed by atoms with van der Waals surface area (Å²) >= 11 is 0. The maximum Gasteiger partial charge on any atom is 0.151 e. The molecule has 0 spiro atoms. The summed E-state index contributed by atoms with van der Waals surface area (Å²) < 4.78 is 0. The molecule has 70 valence electrons. The molecule has 0 aromatic rings. The Kier molecular flexibility index (Phi) is 6.09. The van der Waals surface area contributed by atoms with Crippen molar-refractivity contribution in [2.75, 3.05) is 0 Å². The maximum atomic E-state index is 9.94. The smallest absolute Gasteiger partial charge is 0.151 e. The first-order chi connectivity index (χ1) is 6.26. The van der Waals surface area contributed by atoms with Crippen molar-refractivity contribution < 1.29 is 9.90 Å². The Hall–Kier alpha value is -1.68. The molecule has 1 unspecified atom stereocenters. The standard InChI is InChI=1S/C9H12N2O2/c1-3-10-8-11(4-2)9(13)6-5-7-12/h3-9,13H,1-2H2/b6-5-,10-8?. The van der Waals surface area contributed by atoms with E-state index in [-0.39, 0.29) is 0 Å². The minimum absolute atomic E-state index is 0.579. The summed E-state index contributed by atoms with van der Waals surface area (Å²) in [5, 5.41) is 9.35. The molecule has 0 aromatic heterocycles. The molecule has 4 nitrogen and oxygen atoms in total. The number of nitrogens with zero attached hydrogens (tertiary/aromatic N) is 2. The topological polar surface area (TPSA) is 52.9 Å². The Morgan fingerprint density at radius 3 is 2.62 bits per heavy atom. The van der Waals surface area contributed by atoms with Crippen molar-refractivity contribution in [3.05, 3.63) is 37.7 Å². The van der Waals surface area contributed by atoms with E-state index < -0.39 is 6.23 Å². The second-order valence-corrected chi connectivity index (χ2v) is 2.01. The maximum absolute atomic E-state index is 9.94. The second kappa shape index (κ2) is 7.00. The van der Waals surface area contributed by atoms with E-state index in [2.05, 4.69) is 18.2 Å². The number of hydrogen-bond acceptors (Lipinski definition) is 3. The van der Waals surface area contributed by atoms with E-state index in [1.54, 1.807) is 0 Å². The zero-order valence-electron chi connectivity index (χ0n) is 7.21. The first kappa shape index (κ1) is 11.3. The van der Waals surface area contributed by atoms with Crippen LogP contribution < -0.4 is 0 Å². The average molecular weight is 180 g/mol. The van der Waals surface area contributed by atoms with Gasteiger partial charge in [0.05, 0.1) is 6.34 Å². The van der Waals surface area contributed by atoms with E-state index in [1.165, 1.54) is 35.8 Å². The van der Waals surface area contributed by atoms with Crippen LogP contribution in [-0.2, 0) is 4.79 Å². The number of carbonyl (C=O) groups excluding carboxylic acids is 1. The molecule has 0 rings (SSSR count). The summed E-state index contributed by atoms with van der Waals surface area (Å²) in [7, 11) is 0. The summed E-state index contributed by atoms with van der Waals surface area (Å²) in [4.78, 5) is 14.9. The fraction of sp³-hybridized carbons (Fsp3) is 0.111. The first-order valence-corrected chi connectivity index (χ1v) is 3.60. The zero-order chi connectivity index (χ0) is 10.1. The third kappa shape index (κ3) is 4.71. The third-order valence-electron chi connectivity index (χ3n) is 1.18. The number of hydrogen-bond donors (Lipinski definition) is 1. The van der Waals surface area contributed by atoms with Gasteiger partial charge in [-0.2, -0.15) is 0 Å². The molecule has 0 heterocycles. The molecule has 0 aliphatic carbocycles. The van der Waals surface area contributed by atoms with E-state index >= 15 is 0 Å². The molecular weight excluding hydrogens is 168 g/mol.